The van der Waals surface area contributed by atoms with Gasteiger partial charge >= 0.3 is 5.97 Å². The van der Waals surface area contributed by atoms with Gasteiger partial charge in [0.15, 0.2) is 0 Å². The Balaban J connectivity index is 1.27. The smallest absolute Gasteiger partial charge is 0.321 e. The van der Waals surface area contributed by atoms with Crippen molar-refractivity contribution in [2.45, 2.75) is 66.2 Å². The van der Waals surface area contributed by atoms with E-state index in [-0.39, 0.29) is 22.7 Å². The molecule has 1 aromatic rings. The monoisotopic (exact) mass is 433 g/mol. The van der Waals surface area contributed by atoms with Crippen LogP contribution in [-0.2, 0) is 9.59 Å². The van der Waals surface area contributed by atoms with E-state index < -0.39 is 10.8 Å². The summed E-state index contributed by atoms with van der Waals surface area (Å²) in [5, 5.41) is 3.09. The summed E-state index contributed by atoms with van der Waals surface area (Å²) in [6, 6.07) is 7.16. The van der Waals surface area contributed by atoms with Crippen molar-refractivity contribution in [3.8, 4) is 5.75 Å². The van der Waals surface area contributed by atoms with Crippen LogP contribution < -0.4 is 10.1 Å². The normalized spacial score (nSPS) is 35.9. The highest BCUT2D eigenvalue weighted by atomic mass is 16.5. The predicted octanol–water partition coefficient (Wildman–Crippen LogP) is 6.30. The van der Waals surface area contributed by atoms with Crippen LogP contribution >= 0.6 is 0 Å². The fourth-order valence-corrected chi connectivity index (χ4v) is 7.31. The molecule has 4 unspecified atom stereocenters. The highest BCUT2D eigenvalue weighted by molar-refractivity contribution is 5.98. The summed E-state index contributed by atoms with van der Waals surface area (Å²) in [5.74, 6) is 1.40. The summed E-state index contributed by atoms with van der Waals surface area (Å²) in [5.41, 5.74) is 1.81. The molecule has 0 aromatic heterocycles. The Bertz CT molecular complexity index is 950. The molecule has 5 rings (SSSR count). The van der Waals surface area contributed by atoms with Crippen LogP contribution in [0.3, 0.4) is 0 Å². The number of fused-ring (bicyclic) bond motifs is 4. The van der Waals surface area contributed by atoms with Crippen LogP contribution in [0.25, 0.3) is 0 Å². The quantitative estimate of drug-likeness (QED) is 0.345. The van der Waals surface area contributed by atoms with Gasteiger partial charge in [0, 0.05) is 5.69 Å². The number of amides is 1. The summed E-state index contributed by atoms with van der Waals surface area (Å²) in [7, 11) is 0. The minimum Gasteiger partial charge on any atom is -0.426 e. The van der Waals surface area contributed by atoms with Crippen LogP contribution in [-0.4, -0.2) is 11.9 Å². The van der Waals surface area contributed by atoms with Crippen LogP contribution in [0.15, 0.2) is 48.6 Å². The van der Waals surface area contributed by atoms with Gasteiger partial charge in [-0.1, -0.05) is 52.0 Å². The van der Waals surface area contributed by atoms with E-state index in [4.69, 9.17) is 4.74 Å². The highest BCUT2D eigenvalue weighted by Gasteiger charge is 2.62. The number of carbonyl (C=O) groups excluding carboxylic acids is 2. The van der Waals surface area contributed by atoms with E-state index in [1.54, 1.807) is 12.1 Å². The van der Waals surface area contributed by atoms with Gasteiger partial charge in [0.25, 0.3) is 0 Å². The fraction of sp³-hybridized carbons (Fsp3) is 0.571. The number of nitrogens with one attached hydrogen (secondary N) is 1. The SMILES string of the molecule is C=C1C2(C(=O)Nc3ccc(OC(=O)C45CCC(C4)C(C)(C)C5=C)cc3)CCC(C2)C1(C)C. The van der Waals surface area contributed by atoms with Crippen molar-refractivity contribution >= 4 is 17.6 Å². The van der Waals surface area contributed by atoms with Gasteiger partial charge in [0.2, 0.25) is 5.91 Å². The summed E-state index contributed by atoms with van der Waals surface area (Å²) in [4.78, 5) is 26.4. The molecule has 0 radical (unpaired) electrons. The summed E-state index contributed by atoms with van der Waals surface area (Å²) in [6.07, 6.45) is 5.58. The van der Waals surface area contributed by atoms with Crippen molar-refractivity contribution < 1.29 is 14.3 Å². The van der Waals surface area contributed by atoms with Crippen molar-refractivity contribution in [2.24, 2.45) is 33.5 Å². The van der Waals surface area contributed by atoms with E-state index in [9.17, 15) is 9.59 Å². The molecule has 0 heterocycles. The maximum Gasteiger partial charge on any atom is 0.321 e. The lowest BCUT2D eigenvalue weighted by atomic mass is 9.68. The van der Waals surface area contributed by atoms with Crippen molar-refractivity contribution in [2.75, 3.05) is 5.32 Å². The minimum atomic E-state index is -0.547. The Kier molecular flexibility index (Phi) is 4.42. The van der Waals surface area contributed by atoms with Crippen LogP contribution in [0.1, 0.15) is 66.2 Å². The topological polar surface area (TPSA) is 55.4 Å². The lowest BCUT2D eigenvalue weighted by Crippen LogP contribution is -2.37. The zero-order valence-electron chi connectivity index (χ0n) is 19.8. The number of rotatable bonds is 4. The van der Waals surface area contributed by atoms with Gasteiger partial charge in [-0.2, -0.15) is 0 Å². The largest absolute Gasteiger partial charge is 0.426 e. The first kappa shape index (κ1) is 21.5. The van der Waals surface area contributed by atoms with Crippen molar-refractivity contribution in [3.05, 3.63) is 48.6 Å². The van der Waals surface area contributed by atoms with Crippen molar-refractivity contribution in [1.82, 2.24) is 0 Å². The number of benzene rings is 1. The van der Waals surface area contributed by atoms with E-state index in [0.717, 1.165) is 55.4 Å². The Morgan fingerprint density at radius 1 is 0.875 bits per heavy atom. The van der Waals surface area contributed by atoms with Crippen molar-refractivity contribution in [1.29, 1.82) is 0 Å². The molecule has 0 aliphatic heterocycles. The van der Waals surface area contributed by atoms with Gasteiger partial charge in [-0.15, -0.1) is 0 Å². The summed E-state index contributed by atoms with van der Waals surface area (Å²) < 4.78 is 5.81. The molecule has 1 N–H and O–H groups in total. The maximum atomic E-state index is 13.2. The Hall–Kier alpha value is -2.36. The molecule has 1 aromatic carbocycles. The molecular formula is C28H35NO3. The van der Waals surface area contributed by atoms with Gasteiger partial charge in [0.1, 0.15) is 5.75 Å². The molecule has 4 saturated carbocycles. The van der Waals surface area contributed by atoms with Crippen LogP contribution in [0.4, 0.5) is 5.69 Å². The highest BCUT2D eigenvalue weighted by Crippen LogP contribution is 2.66. The lowest BCUT2D eigenvalue weighted by molar-refractivity contribution is -0.143. The van der Waals surface area contributed by atoms with Gasteiger partial charge in [0.05, 0.1) is 10.8 Å². The number of hydrogen-bond acceptors (Lipinski definition) is 3. The standard InChI is InChI=1S/C28H35NO3/c1-17-25(3,4)19-11-13-27(17,15-19)23(30)29-21-7-9-22(10-8-21)32-24(31)28-14-12-20(16-28)26(5,6)18(28)2/h7-10,19-20H,1-2,11-16H2,3-6H3,(H,29,30). The minimum absolute atomic E-state index is 0.0110. The molecule has 0 spiro atoms. The third-order valence-electron chi connectivity index (χ3n) is 9.93. The Morgan fingerprint density at radius 2 is 1.38 bits per heavy atom. The number of anilines is 1. The number of esters is 1. The Labute approximate surface area is 191 Å². The second kappa shape index (κ2) is 6.59. The molecule has 4 aliphatic rings. The second-order valence-corrected chi connectivity index (χ2v) is 11.8. The molecule has 170 valence electrons. The van der Waals surface area contributed by atoms with Crippen LogP contribution in [0.2, 0.25) is 0 Å². The molecule has 4 aliphatic carbocycles. The Morgan fingerprint density at radius 3 is 1.88 bits per heavy atom. The number of hydrogen-bond donors (Lipinski definition) is 1. The number of ether oxygens (including phenoxy) is 1. The molecule has 4 atom stereocenters. The van der Waals surface area contributed by atoms with Crippen LogP contribution in [0.5, 0.6) is 5.75 Å². The zero-order chi connectivity index (χ0) is 23.1. The molecule has 32 heavy (non-hydrogen) atoms. The first-order chi connectivity index (χ1) is 14.9. The van der Waals surface area contributed by atoms with E-state index in [0.29, 0.717) is 17.6 Å². The molecule has 4 nitrogen and oxygen atoms in total. The van der Waals surface area contributed by atoms with E-state index >= 15 is 0 Å². The van der Waals surface area contributed by atoms with Crippen molar-refractivity contribution in [3.63, 3.8) is 0 Å². The molecule has 4 heteroatoms. The van der Waals surface area contributed by atoms with Crippen LogP contribution in [0, 0.1) is 33.5 Å². The first-order valence-corrected chi connectivity index (χ1v) is 12.0. The zero-order valence-corrected chi connectivity index (χ0v) is 19.8. The fourth-order valence-electron chi connectivity index (χ4n) is 7.31. The van der Waals surface area contributed by atoms with Gasteiger partial charge < -0.3 is 10.1 Å². The summed E-state index contributed by atoms with van der Waals surface area (Å²) >= 11 is 0. The second-order valence-electron chi connectivity index (χ2n) is 11.8. The predicted molar refractivity (Wildman–Crippen MR) is 126 cm³/mol. The third kappa shape index (κ3) is 2.67. The van der Waals surface area contributed by atoms with E-state index in [2.05, 4.69) is 46.2 Å². The van der Waals surface area contributed by atoms with E-state index in [1.807, 2.05) is 12.1 Å². The summed E-state index contributed by atoms with van der Waals surface area (Å²) in [6.45, 7) is 17.4. The van der Waals surface area contributed by atoms with Gasteiger partial charge in [-0.05, 0) is 85.5 Å². The molecule has 4 fully saturated rings. The average molecular weight is 434 g/mol. The lowest BCUT2D eigenvalue weighted by Gasteiger charge is -2.37. The van der Waals surface area contributed by atoms with Gasteiger partial charge in [-0.3, -0.25) is 9.59 Å². The van der Waals surface area contributed by atoms with E-state index in [1.165, 1.54) is 0 Å². The first-order valence-electron chi connectivity index (χ1n) is 12.0. The molecule has 1 amide bonds. The number of carbonyl (C=O) groups is 2. The van der Waals surface area contributed by atoms with Gasteiger partial charge in [-0.25, -0.2) is 0 Å². The third-order valence-corrected chi connectivity index (χ3v) is 9.93. The molecule has 4 bridgehead atoms. The average Bonchev–Trinajstić information content (AvgIpc) is 3.47. The molecular weight excluding hydrogens is 398 g/mol. The molecule has 0 saturated heterocycles. The maximum absolute atomic E-state index is 13.2.